The third-order valence-corrected chi connectivity index (χ3v) is 2.68. The van der Waals surface area contributed by atoms with E-state index in [-0.39, 0.29) is 16.7 Å². The van der Waals surface area contributed by atoms with Gasteiger partial charge < -0.3 is 9.64 Å². The molecule has 0 spiro atoms. The van der Waals surface area contributed by atoms with E-state index in [9.17, 15) is 9.59 Å². The molecular weight excluding hydrogens is 238 g/mol. The van der Waals surface area contributed by atoms with E-state index in [0.29, 0.717) is 26.1 Å². The third kappa shape index (κ3) is 2.69. The summed E-state index contributed by atoms with van der Waals surface area (Å²) in [6.07, 6.45) is 0.0776. The van der Waals surface area contributed by atoms with Crippen LogP contribution >= 0.6 is 15.9 Å². The van der Waals surface area contributed by atoms with E-state index in [4.69, 9.17) is 4.74 Å². The number of carbonyl (C=O) groups is 2. The van der Waals surface area contributed by atoms with Crippen LogP contribution in [0.25, 0.3) is 0 Å². The summed E-state index contributed by atoms with van der Waals surface area (Å²) in [6, 6.07) is 0. The van der Waals surface area contributed by atoms with Crippen molar-refractivity contribution < 1.29 is 14.3 Å². The van der Waals surface area contributed by atoms with Gasteiger partial charge in [0.15, 0.2) is 0 Å². The Hall–Kier alpha value is -0.580. The highest BCUT2D eigenvalue weighted by Gasteiger charge is 2.28. The second-order valence-corrected chi connectivity index (χ2v) is 3.93. The van der Waals surface area contributed by atoms with Crippen LogP contribution in [0.15, 0.2) is 0 Å². The number of piperidine rings is 1. The first-order chi connectivity index (χ1) is 6.15. The largest absolute Gasteiger partial charge is 0.450 e. The molecule has 1 fully saturated rings. The second kappa shape index (κ2) is 4.60. The summed E-state index contributed by atoms with van der Waals surface area (Å²) in [7, 11) is 0. The fourth-order valence-electron chi connectivity index (χ4n) is 1.17. The summed E-state index contributed by atoms with van der Waals surface area (Å²) < 4.78 is 4.82. The Labute approximate surface area is 85.4 Å². The maximum Gasteiger partial charge on any atom is 0.409 e. The van der Waals surface area contributed by atoms with Crippen LogP contribution in [0, 0.1) is 0 Å². The summed E-state index contributed by atoms with van der Waals surface area (Å²) in [5.74, 6) is 0.153. The number of hydrogen-bond donors (Lipinski definition) is 0. The number of Topliss-reactive ketones (excluding diaryl/α,β-unsaturated/α-hetero) is 1. The van der Waals surface area contributed by atoms with Crippen molar-refractivity contribution in [3.63, 3.8) is 0 Å². The zero-order chi connectivity index (χ0) is 9.84. The maximum atomic E-state index is 11.2. The van der Waals surface area contributed by atoms with Crippen LogP contribution in [0.3, 0.4) is 0 Å². The molecule has 74 valence electrons. The van der Waals surface area contributed by atoms with Gasteiger partial charge in [0.25, 0.3) is 0 Å². The van der Waals surface area contributed by atoms with Crippen molar-refractivity contribution >= 4 is 27.8 Å². The predicted octanol–water partition coefficient (Wildman–Crippen LogP) is 1.18. The Balaban J connectivity index is 2.45. The molecule has 1 rings (SSSR count). The Kier molecular flexibility index (Phi) is 3.71. The lowest BCUT2D eigenvalue weighted by atomic mass is 10.1. The quantitative estimate of drug-likeness (QED) is 0.656. The molecule has 1 atom stereocenters. The van der Waals surface area contributed by atoms with Gasteiger partial charge in [0.05, 0.1) is 11.4 Å². The van der Waals surface area contributed by atoms with Gasteiger partial charge in [-0.25, -0.2) is 4.79 Å². The van der Waals surface area contributed by atoms with Crippen molar-refractivity contribution in [3.05, 3.63) is 0 Å². The molecule has 0 aliphatic carbocycles. The molecule has 0 unspecified atom stereocenters. The summed E-state index contributed by atoms with van der Waals surface area (Å²) in [4.78, 5) is 23.6. The number of ketones is 1. The van der Waals surface area contributed by atoms with Crippen LogP contribution in [0.5, 0.6) is 0 Å². The first-order valence-electron chi connectivity index (χ1n) is 4.23. The van der Waals surface area contributed by atoms with Crippen LogP contribution < -0.4 is 0 Å². The molecule has 1 saturated heterocycles. The molecule has 0 radical (unpaired) electrons. The highest BCUT2D eigenvalue weighted by Crippen LogP contribution is 2.14. The van der Waals surface area contributed by atoms with Crippen molar-refractivity contribution in [3.8, 4) is 0 Å². The normalized spacial score (nSPS) is 23.1. The molecule has 0 bridgehead atoms. The molecule has 4 nitrogen and oxygen atoms in total. The molecule has 0 saturated carbocycles. The van der Waals surface area contributed by atoms with E-state index in [1.807, 2.05) is 0 Å². The van der Waals surface area contributed by atoms with Gasteiger partial charge in [0.1, 0.15) is 5.78 Å². The van der Waals surface area contributed by atoms with Crippen LogP contribution in [0.4, 0.5) is 4.79 Å². The van der Waals surface area contributed by atoms with Gasteiger partial charge in [0, 0.05) is 19.5 Å². The molecule has 1 aliphatic rings. The van der Waals surface area contributed by atoms with Crippen molar-refractivity contribution in [1.29, 1.82) is 0 Å². The second-order valence-electron chi connectivity index (χ2n) is 2.83. The van der Waals surface area contributed by atoms with Crippen molar-refractivity contribution in [2.24, 2.45) is 0 Å². The molecule has 1 aliphatic heterocycles. The first kappa shape index (κ1) is 10.5. The summed E-state index contributed by atoms with van der Waals surface area (Å²) in [5.41, 5.74) is 0. The molecule has 1 heterocycles. The Morgan fingerprint density at radius 1 is 1.77 bits per heavy atom. The molecule has 0 aromatic carbocycles. The maximum absolute atomic E-state index is 11.2. The Bertz CT molecular complexity index is 219. The number of halogens is 1. The van der Waals surface area contributed by atoms with E-state index in [1.165, 1.54) is 0 Å². The minimum Gasteiger partial charge on any atom is -0.450 e. The van der Waals surface area contributed by atoms with Gasteiger partial charge in [-0.3, -0.25) is 4.79 Å². The number of nitrogens with zero attached hydrogens (tertiary/aromatic N) is 1. The molecule has 13 heavy (non-hydrogen) atoms. The van der Waals surface area contributed by atoms with E-state index in [1.54, 1.807) is 11.8 Å². The zero-order valence-corrected chi connectivity index (χ0v) is 9.04. The minimum absolute atomic E-state index is 0.153. The standard InChI is InChI=1S/C8H12BrNO3/c1-2-13-8(12)10-4-3-7(11)6(9)5-10/h6H,2-5H2,1H3/t6-/m1/s1. The van der Waals surface area contributed by atoms with Crippen LogP contribution in [0.1, 0.15) is 13.3 Å². The Morgan fingerprint density at radius 3 is 3.00 bits per heavy atom. The van der Waals surface area contributed by atoms with Gasteiger partial charge in [-0.1, -0.05) is 15.9 Å². The number of hydrogen-bond acceptors (Lipinski definition) is 3. The van der Waals surface area contributed by atoms with Crippen molar-refractivity contribution in [1.82, 2.24) is 4.90 Å². The SMILES string of the molecule is CCOC(=O)N1CCC(=O)[C@H](Br)C1. The average Bonchev–Trinajstić information content (AvgIpc) is 2.10. The zero-order valence-electron chi connectivity index (χ0n) is 7.46. The predicted molar refractivity (Wildman–Crippen MR) is 50.9 cm³/mol. The van der Waals surface area contributed by atoms with Gasteiger partial charge >= 0.3 is 6.09 Å². The highest BCUT2D eigenvalue weighted by molar-refractivity contribution is 9.10. The lowest BCUT2D eigenvalue weighted by Gasteiger charge is -2.28. The number of amides is 1. The van der Waals surface area contributed by atoms with Crippen molar-refractivity contribution in [2.75, 3.05) is 19.7 Å². The number of rotatable bonds is 1. The smallest absolute Gasteiger partial charge is 0.409 e. The van der Waals surface area contributed by atoms with E-state index in [0.717, 1.165) is 0 Å². The van der Waals surface area contributed by atoms with Gasteiger partial charge in [0.2, 0.25) is 0 Å². The number of carbonyl (C=O) groups excluding carboxylic acids is 2. The number of ether oxygens (including phenoxy) is 1. The lowest BCUT2D eigenvalue weighted by Crippen LogP contribution is -2.44. The third-order valence-electron chi connectivity index (χ3n) is 1.88. The molecule has 5 heteroatoms. The fourth-order valence-corrected chi connectivity index (χ4v) is 1.75. The topological polar surface area (TPSA) is 46.6 Å². The number of likely N-dealkylation sites (tertiary alicyclic amines) is 1. The first-order valence-corrected chi connectivity index (χ1v) is 5.15. The molecular formula is C8H12BrNO3. The van der Waals surface area contributed by atoms with E-state index in [2.05, 4.69) is 15.9 Å². The van der Waals surface area contributed by atoms with Gasteiger partial charge in [-0.15, -0.1) is 0 Å². The van der Waals surface area contributed by atoms with Crippen LogP contribution in [0.2, 0.25) is 0 Å². The van der Waals surface area contributed by atoms with E-state index < -0.39 is 0 Å². The molecule has 0 N–H and O–H groups in total. The summed E-state index contributed by atoms with van der Waals surface area (Å²) in [5, 5.41) is 0. The monoisotopic (exact) mass is 249 g/mol. The molecule has 0 aromatic rings. The Morgan fingerprint density at radius 2 is 2.46 bits per heavy atom. The molecule has 0 aromatic heterocycles. The van der Waals surface area contributed by atoms with Crippen LogP contribution in [-0.4, -0.2) is 41.3 Å². The highest BCUT2D eigenvalue weighted by atomic mass is 79.9. The molecule has 1 amide bonds. The number of alkyl halides is 1. The summed E-state index contributed by atoms with van der Waals surface area (Å²) >= 11 is 3.21. The van der Waals surface area contributed by atoms with Crippen LogP contribution in [-0.2, 0) is 9.53 Å². The van der Waals surface area contributed by atoms with Crippen molar-refractivity contribution in [2.45, 2.75) is 18.2 Å². The average molecular weight is 250 g/mol. The summed E-state index contributed by atoms with van der Waals surface area (Å²) in [6.45, 7) is 3.02. The van der Waals surface area contributed by atoms with Gasteiger partial charge in [-0.2, -0.15) is 0 Å². The fraction of sp³-hybridized carbons (Fsp3) is 0.750. The van der Waals surface area contributed by atoms with Gasteiger partial charge in [-0.05, 0) is 6.92 Å². The van der Waals surface area contributed by atoms with E-state index >= 15 is 0 Å². The lowest BCUT2D eigenvalue weighted by molar-refractivity contribution is -0.120. The minimum atomic E-state index is -0.334.